The van der Waals surface area contributed by atoms with Crippen LogP contribution in [0.25, 0.3) is 5.13 Å². The molecule has 3 aromatic rings. The smallest absolute Gasteiger partial charge is 0.229 e. The van der Waals surface area contributed by atoms with Gasteiger partial charge < -0.3 is 10.2 Å². The van der Waals surface area contributed by atoms with Crippen LogP contribution in [0.5, 0.6) is 0 Å². The molecule has 1 aliphatic rings. The number of aromatic nitrogens is 3. The lowest BCUT2D eigenvalue weighted by Crippen LogP contribution is -2.40. The second kappa shape index (κ2) is 7.43. The second-order valence-corrected chi connectivity index (χ2v) is 7.29. The molecule has 0 radical (unpaired) electrons. The number of benzene rings is 1. The van der Waals surface area contributed by atoms with Gasteiger partial charge in [-0.05, 0) is 37.1 Å². The maximum atomic E-state index is 13.8. The Hall–Kier alpha value is -2.81. The molecule has 27 heavy (non-hydrogen) atoms. The van der Waals surface area contributed by atoms with Crippen LogP contribution in [0.1, 0.15) is 12.8 Å². The third-order valence-corrected chi connectivity index (χ3v) is 5.48. The van der Waals surface area contributed by atoms with E-state index in [0.717, 1.165) is 35.4 Å². The Balaban J connectivity index is 1.44. The summed E-state index contributed by atoms with van der Waals surface area (Å²) < 4.78 is 28.7. The molecule has 6 nitrogen and oxygen atoms in total. The third kappa shape index (κ3) is 3.82. The molecule has 1 fully saturated rings. The monoisotopic (exact) mass is 389 g/mol. The van der Waals surface area contributed by atoms with Crippen LogP contribution in [0.15, 0.2) is 42.7 Å². The van der Waals surface area contributed by atoms with E-state index in [2.05, 4.69) is 15.5 Å². The number of hydrogen-bond acceptors (Lipinski definition) is 5. The SMILES string of the molecule is O=C(Nc1ccc(F)cc1F)C1CCCN(c2nnc(-n3cccc3)s2)C1. The van der Waals surface area contributed by atoms with Gasteiger partial charge in [0.25, 0.3) is 0 Å². The number of carbonyl (C=O) groups is 1. The Morgan fingerprint density at radius 3 is 2.74 bits per heavy atom. The van der Waals surface area contributed by atoms with E-state index in [4.69, 9.17) is 0 Å². The minimum absolute atomic E-state index is 0.00988. The summed E-state index contributed by atoms with van der Waals surface area (Å²) >= 11 is 1.45. The van der Waals surface area contributed by atoms with Crippen molar-refractivity contribution in [2.45, 2.75) is 12.8 Å². The van der Waals surface area contributed by atoms with Crippen LogP contribution in [-0.2, 0) is 4.79 Å². The summed E-state index contributed by atoms with van der Waals surface area (Å²) in [5.41, 5.74) is -0.00988. The summed E-state index contributed by atoms with van der Waals surface area (Å²) in [5.74, 6) is -2.04. The Morgan fingerprint density at radius 1 is 1.19 bits per heavy atom. The van der Waals surface area contributed by atoms with E-state index in [-0.39, 0.29) is 17.5 Å². The fourth-order valence-electron chi connectivity index (χ4n) is 3.09. The maximum Gasteiger partial charge on any atom is 0.229 e. The number of piperidine rings is 1. The molecule has 0 bridgehead atoms. The predicted octanol–water partition coefficient (Wildman–Crippen LogP) is 3.46. The molecule has 4 rings (SSSR count). The van der Waals surface area contributed by atoms with E-state index < -0.39 is 11.6 Å². The summed E-state index contributed by atoms with van der Waals surface area (Å²) in [7, 11) is 0. The van der Waals surface area contributed by atoms with E-state index in [1.165, 1.54) is 17.4 Å². The van der Waals surface area contributed by atoms with Gasteiger partial charge in [-0.25, -0.2) is 8.78 Å². The van der Waals surface area contributed by atoms with E-state index in [1.54, 1.807) is 0 Å². The number of carbonyl (C=O) groups excluding carboxylic acids is 1. The largest absolute Gasteiger partial charge is 0.346 e. The van der Waals surface area contributed by atoms with Crippen molar-refractivity contribution in [1.82, 2.24) is 14.8 Å². The van der Waals surface area contributed by atoms with Gasteiger partial charge in [-0.2, -0.15) is 0 Å². The molecular weight excluding hydrogens is 372 g/mol. The van der Waals surface area contributed by atoms with Crippen molar-refractivity contribution in [3.05, 3.63) is 54.4 Å². The minimum atomic E-state index is -0.781. The average molecular weight is 389 g/mol. The van der Waals surface area contributed by atoms with Gasteiger partial charge in [0.1, 0.15) is 11.6 Å². The number of anilines is 2. The maximum absolute atomic E-state index is 13.8. The summed E-state index contributed by atoms with van der Waals surface area (Å²) in [6.07, 6.45) is 5.32. The normalized spacial score (nSPS) is 17.1. The molecule has 1 saturated heterocycles. The van der Waals surface area contributed by atoms with Crippen molar-refractivity contribution in [2.75, 3.05) is 23.3 Å². The molecule has 1 unspecified atom stereocenters. The van der Waals surface area contributed by atoms with Gasteiger partial charge in [-0.3, -0.25) is 9.36 Å². The van der Waals surface area contributed by atoms with Gasteiger partial charge in [-0.15, -0.1) is 10.2 Å². The first-order valence-corrected chi connectivity index (χ1v) is 9.39. The lowest BCUT2D eigenvalue weighted by atomic mass is 9.97. The van der Waals surface area contributed by atoms with Gasteiger partial charge in [0.15, 0.2) is 0 Å². The van der Waals surface area contributed by atoms with Crippen molar-refractivity contribution >= 4 is 28.1 Å². The standard InChI is InChI=1S/C18H17F2N5OS/c19-13-5-6-15(14(20)10-13)21-16(26)12-4-3-9-25(11-12)18-23-22-17(27-18)24-7-1-2-8-24/h1-2,5-8,10,12H,3-4,9,11H2,(H,21,26). The first kappa shape index (κ1) is 17.6. The van der Waals surface area contributed by atoms with Crippen LogP contribution in [-0.4, -0.2) is 33.8 Å². The summed E-state index contributed by atoms with van der Waals surface area (Å²) in [6.45, 7) is 1.27. The van der Waals surface area contributed by atoms with Crippen molar-refractivity contribution in [3.63, 3.8) is 0 Å². The van der Waals surface area contributed by atoms with Crippen LogP contribution in [0.2, 0.25) is 0 Å². The third-order valence-electron chi connectivity index (χ3n) is 4.48. The number of rotatable bonds is 4. The topological polar surface area (TPSA) is 63.1 Å². The molecule has 0 spiro atoms. The highest BCUT2D eigenvalue weighted by Crippen LogP contribution is 2.28. The van der Waals surface area contributed by atoms with E-state index >= 15 is 0 Å². The Morgan fingerprint density at radius 2 is 1.96 bits per heavy atom. The molecule has 1 amide bonds. The highest BCUT2D eigenvalue weighted by molar-refractivity contribution is 7.17. The van der Waals surface area contributed by atoms with Crippen LogP contribution in [0, 0.1) is 17.6 Å². The highest BCUT2D eigenvalue weighted by Gasteiger charge is 2.28. The van der Waals surface area contributed by atoms with Gasteiger partial charge in [0.2, 0.25) is 16.2 Å². The van der Waals surface area contributed by atoms with Crippen molar-refractivity contribution in [1.29, 1.82) is 0 Å². The molecule has 1 N–H and O–H groups in total. The van der Waals surface area contributed by atoms with E-state index in [0.29, 0.717) is 13.0 Å². The fourth-order valence-corrected chi connectivity index (χ4v) is 3.94. The Labute approximate surface area is 158 Å². The average Bonchev–Trinajstić information content (AvgIpc) is 3.35. The molecule has 1 aromatic carbocycles. The molecule has 2 aromatic heterocycles. The minimum Gasteiger partial charge on any atom is -0.346 e. The first-order chi connectivity index (χ1) is 13.1. The number of nitrogens with zero attached hydrogens (tertiary/aromatic N) is 4. The van der Waals surface area contributed by atoms with Crippen LogP contribution < -0.4 is 10.2 Å². The molecule has 3 heterocycles. The van der Waals surface area contributed by atoms with Crippen molar-refractivity contribution in [3.8, 4) is 5.13 Å². The molecule has 1 atom stereocenters. The zero-order chi connectivity index (χ0) is 18.8. The first-order valence-electron chi connectivity index (χ1n) is 8.58. The highest BCUT2D eigenvalue weighted by atomic mass is 32.1. The quantitative estimate of drug-likeness (QED) is 0.742. The van der Waals surface area contributed by atoms with Crippen LogP contribution >= 0.6 is 11.3 Å². The molecule has 1 aliphatic heterocycles. The van der Waals surface area contributed by atoms with Crippen molar-refractivity contribution < 1.29 is 13.6 Å². The second-order valence-electron chi connectivity index (χ2n) is 6.36. The summed E-state index contributed by atoms with van der Waals surface area (Å²) in [5, 5.41) is 12.5. The van der Waals surface area contributed by atoms with Gasteiger partial charge in [-0.1, -0.05) is 11.3 Å². The predicted molar refractivity (Wildman–Crippen MR) is 99.2 cm³/mol. The van der Waals surface area contributed by atoms with Crippen molar-refractivity contribution in [2.24, 2.45) is 5.92 Å². The lowest BCUT2D eigenvalue weighted by Gasteiger charge is -2.31. The van der Waals surface area contributed by atoms with Gasteiger partial charge in [0.05, 0.1) is 11.6 Å². The Bertz CT molecular complexity index is 943. The molecule has 0 aliphatic carbocycles. The van der Waals surface area contributed by atoms with Gasteiger partial charge >= 0.3 is 0 Å². The van der Waals surface area contributed by atoms with Crippen LogP contribution in [0.3, 0.4) is 0 Å². The summed E-state index contributed by atoms with van der Waals surface area (Å²) in [4.78, 5) is 14.6. The molecule has 140 valence electrons. The fraction of sp³-hybridized carbons (Fsp3) is 0.278. The molecular formula is C18H17F2N5OS. The zero-order valence-electron chi connectivity index (χ0n) is 14.3. The Kier molecular flexibility index (Phi) is 4.85. The zero-order valence-corrected chi connectivity index (χ0v) is 15.1. The number of halogens is 2. The number of hydrogen-bond donors (Lipinski definition) is 1. The number of amides is 1. The van der Waals surface area contributed by atoms with E-state index in [1.807, 2.05) is 34.0 Å². The van der Waals surface area contributed by atoms with Gasteiger partial charge in [0, 0.05) is 31.5 Å². The lowest BCUT2D eigenvalue weighted by molar-refractivity contribution is -0.120. The summed E-state index contributed by atoms with van der Waals surface area (Å²) in [6, 6.07) is 6.94. The number of nitrogens with one attached hydrogen (secondary N) is 1. The van der Waals surface area contributed by atoms with E-state index in [9.17, 15) is 13.6 Å². The molecule has 0 saturated carbocycles. The molecule has 9 heteroatoms. The van der Waals surface area contributed by atoms with Crippen LogP contribution in [0.4, 0.5) is 19.6 Å².